The molecule has 88 valence electrons. The first kappa shape index (κ1) is 11.1. The van der Waals surface area contributed by atoms with Crippen LogP contribution in [0.15, 0.2) is 24.5 Å². The maximum Gasteiger partial charge on any atom is 0.326 e. The quantitative estimate of drug-likeness (QED) is 0.739. The highest BCUT2D eigenvalue weighted by atomic mass is 16.2. The monoisotopic (exact) mass is 231 g/mol. The van der Waals surface area contributed by atoms with Crippen LogP contribution >= 0.6 is 0 Å². The summed E-state index contributed by atoms with van der Waals surface area (Å²) in [4.78, 5) is 15.4. The fourth-order valence-electron chi connectivity index (χ4n) is 1.48. The van der Waals surface area contributed by atoms with Gasteiger partial charge < -0.3 is 5.32 Å². The van der Waals surface area contributed by atoms with Crippen LogP contribution in [-0.2, 0) is 0 Å². The summed E-state index contributed by atoms with van der Waals surface area (Å²) in [5, 5.41) is 11.4. The first-order valence-electron chi connectivity index (χ1n) is 5.16. The molecule has 6 nitrogen and oxygen atoms in total. The average Bonchev–Trinajstić information content (AvgIpc) is 2.75. The van der Waals surface area contributed by atoms with Gasteiger partial charge >= 0.3 is 6.03 Å². The van der Waals surface area contributed by atoms with Crippen LogP contribution in [0.3, 0.4) is 0 Å². The zero-order valence-electron chi connectivity index (χ0n) is 9.61. The van der Waals surface area contributed by atoms with Crippen LogP contribution in [0.5, 0.6) is 0 Å². The van der Waals surface area contributed by atoms with E-state index in [2.05, 4.69) is 25.8 Å². The lowest BCUT2D eigenvalue weighted by Gasteiger charge is -2.08. The SMILES string of the molecule is Cc1ccc(NC(=O)Nc2ncn[nH]2)c(C)c1. The lowest BCUT2D eigenvalue weighted by Crippen LogP contribution is -2.20. The number of hydrogen-bond acceptors (Lipinski definition) is 3. The molecule has 0 fully saturated rings. The molecule has 0 spiro atoms. The van der Waals surface area contributed by atoms with E-state index in [1.165, 1.54) is 6.33 Å². The van der Waals surface area contributed by atoms with E-state index in [-0.39, 0.29) is 6.03 Å². The zero-order chi connectivity index (χ0) is 12.3. The molecular formula is C11H13N5O. The smallest absolute Gasteiger partial charge is 0.307 e. The summed E-state index contributed by atoms with van der Waals surface area (Å²) >= 11 is 0. The zero-order valence-corrected chi connectivity index (χ0v) is 9.61. The molecule has 0 saturated heterocycles. The molecule has 0 unspecified atom stereocenters. The van der Waals surface area contributed by atoms with Crippen LogP contribution in [0.2, 0.25) is 0 Å². The summed E-state index contributed by atoms with van der Waals surface area (Å²) in [6, 6.07) is 5.46. The number of aromatic amines is 1. The maximum atomic E-state index is 11.6. The van der Waals surface area contributed by atoms with Gasteiger partial charge in [-0.1, -0.05) is 17.7 Å². The molecule has 2 amide bonds. The van der Waals surface area contributed by atoms with E-state index in [1.54, 1.807) is 0 Å². The van der Waals surface area contributed by atoms with Crippen molar-refractivity contribution in [2.24, 2.45) is 0 Å². The predicted octanol–water partition coefficient (Wildman–Crippen LogP) is 2.07. The molecule has 0 radical (unpaired) electrons. The highest BCUT2D eigenvalue weighted by Gasteiger charge is 2.05. The molecule has 1 aromatic heterocycles. The van der Waals surface area contributed by atoms with Crippen LogP contribution in [-0.4, -0.2) is 21.2 Å². The highest BCUT2D eigenvalue weighted by Crippen LogP contribution is 2.15. The van der Waals surface area contributed by atoms with Crippen molar-refractivity contribution >= 4 is 17.7 Å². The summed E-state index contributed by atoms with van der Waals surface area (Å²) < 4.78 is 0. The minimum absolute atomic E-state index is 0.312. The normalized spacial score (nSPS) is 10.0. The summed E-state index contributed by atoms with van der Waals surface area (Å²) in [6.45, 7) is 3.95. The highest BCUT2D eigenvalue weighted by molar-refractivity contribution is 5.99. The number of benzene rings is 1. The number of hydrogen-bond donors (Lipinski definition) is 3. The molecule has 3 N–H and O–H groups in total. The van der Waals surface area contributed by atoms with E-state index in [4.69, 9.17) is 0 Å². The number of nitrogens with one attached hydrogen (secondary N) is 3. The number of urea groups is 1. The Morgan fingerprint density at radius 3 is 2.76 bits per heavy atom. The number of amides is 2. The van der Waals surface area contributed by atoms with Crippen molar-refractivity contribution in [1.82, 2.24) is 15.2 Å². The van der Waals surface area contributed by atoms with Crippen LogP contribution in [0.4, 0.5) is 16.4 Å². The molecule has 2 aromatic rings. The molecule has 2 rings (SSSR count). The second kappa shape index (κ2) is 4.65. The molecule has 1 heterocycles. The first-order chi connectivity index (χ1) is 8.15. The van der Waals surface area contributed by atoms with Crippen LogP contribution in [0.1, 0.15) is 11.1 Å². The standard InChI is InChI=1S/C11H13N5O/c1-7-3-4-9(8(2)5-7)14-11(17)15-10-12-6-13-16-10/h3-6H,1-2H3,(H3,12,13,14,15,16,17). The lowest BCUT2D eigenvalue weighted by molar-refractivity contribution is 0.262. The minimum atomic E-state index is -0.353. The predicted molar refractivity (Wildman–Crippen MR) is 64.9 cm³/mol. The number of anilines is 2. The Hall–Kier alpha value is -2.37. The molecule has 0 aliphatic heterocycles. The number of carbonyl (C=O) groups is 1. The third kappa shape index (κ3) is 2.81. The molecular weight excluding hydrogens is 218 g/mol. The molecule has 0 aliphatic carbocycles. The van der Waals surface area contributed by atoms with Gasteiger partial charge in [0.15, 0.2) is 0 Å². The Balaban J connectivity index is 2.03. The molecule has 0 aliphatic rings. The Morgan fingerprint density at radius 2 is 2.12 bits per heavy atom. The third-order valence-corrected chi connectivity index (χ3v) is 2.28. The minimum Gasteiger partial charge on any atom is -0.307 e. The van der Waals surface area contributed by atoms with Crippen molar-refractivity contribution in [3.63, 3.8) is 0 Å². The van der Waals surface area contributed by atoms with Crippen LogP contribution in [0.25, 0.3) is 0 Å². The van der Waals surface area contributed by atoms with Crippen molar-refractivity contribution in [2.75, 3.05) is 10.6 Å². The third-order valence-electron chi connectivity index (χ3n) is 2.28. The number of nitrogens with zero attached hydrogens (tertiary/aromatic N) is 2. The Labute approximate surface area is 98.5 Å². The van der Waals surface area contributed by atoms with Crippen molar-refractivity contribution in [1.29, 1.82) is 0 Å². The van der Waals surface area contributed by atoms with Gasteiger partial charge in [-0.15, -0.1) is 0 Å². The maximum absolute atomic E-state index is 11.6. The first-order valence-corrected chi connectivity index (χ1v) is 5.16. The van der Waals surface area contributed by atoms with Gasteiger partial charge in [0, 0.05) is 5.69 Å². The van der Waals surface area contributed by atoms with Crippen molar-refractivity contribution in [2.45, 2.75) is 13.8 Å². The van der Waals surface area contributed by atoms with Gasteiger partial charge in [0.05, 0.1) is 0 Å². The van der Waals surface area contributed by atoms with Crippen molar-refractivity contribution in [3.8, 4) is 0 Å². The number of aryl methyl sites for hydroxylation is 2. The summed E-state index contributed by atoms with van der Waals surface area (Å²) in [5.41, 5.74) is 2.94. The summed E-state index contributed by atoms with van der Waals surface area (Å²) in [5.74, 6) is 0.312. The van der Waals surface area contributed by atoms with Gasteiger partial charge in [0.25, 0.3) is 0 Å². The number of carbonyl (C=O) groups excluding carboxylic acids is 1. The fraction of sp³-hybridized carbons (Fsp3) is 0.182. The van der Waals surface area contributed by atoms with E-state index in [1.807, 2.05) is 32.0 Å². The number of H-pyrrole nitrogens is 1. The van der Waals surface area contributed by atoms with E-state index < -0.39 is 0 Å². The lowest BCUT2D eigenvalue weighted by atomic mass is 10.1. The topological polar surface area (TPSA) is 82.7 Å². The average molecular weight is 231 g/mol. The molecule has 0 saturated carbocycles. The van der Waals surface area contributed by atoms with E-state index in [0.717, 1.165) is 16.8 Å². The van der Waals surface area contributed by atoms with Gasteiger partial charge in [0.2, 0.25) is 5.95 Å². The molecule has 0 bridgehead atoms. The van der Waals surface area contributed by atoms with E-state index in [9.17, 15) is 4.79 Å². The van der Waals surface area contributed by atoms with Gasteiger partial charge in [0.1, 0.15) is 6.33 Å². The summed E-state index contributed by atoms with van der Waals surface area (Å²) in [7, 11) is 0. The molecule has 17 heavy (non-hydrogen) atoms. The van der Waals surface area contributed by atoms with Gasteiger partial charge in [-0.25, -0.2) is 9.89 Å². The Morgan fingerprint density at radius 1 is 1.29 bits per heavy atom. The molecule has 6 heteroatoms. The van der Waals surface area contributed by atoms with Crippen LogP contribution < -0.4 is 10.6 Å². The second-order valence-corrected chi connectivity index (χ2v) is 3.73. The van der Waals surface area contributed by atoms with Crippen LogP contribution in [0, 0.1) is 13.8 Å². The van der Waals surface area contributed by atoms with E-state index >= 15 is 0 Å². The number of rotatable bonds is 2. The largest absolute Gasteiger partial charge is 0.326 e. The Bertz CT molecular complexity index is 521. The molecule has 1 aromatic carbocycles. The van der Waals surface area contributed by atoms with Gasteiger partial charge in [-0.3, -0.25) is 5.32 Å². The Kier molecular flexibility index (Phi) is 3.04. The van der Waals surface area contributed by atoms with Gasteiger partial charge in [-0.05, 0) is 25.5 Å². The summed E-state index contributed by atoms with van der Waals surface area (Å²) in [6.07, 6.45) is 1.33. The van der Waals surface area contributed by atoms with Crippen molar-refractivity contribution in [3.05, 3.63) is 35.7 Å². The molecule has 0 atom stereocenters. The van der Waals surface area contributed by atoms with E-state index in [0.29, 0.717) is 5.95 Å². The van der Waals surface area contributed by atoms with Gasteiger partial charge in [-0.2, -0.15) is 10.1 Å². The fourth-order valence-corrected chi connectivity index (χ4v) is 1.48. The number of aromatic nitrogens is 3. The second-order valence-electron chi connectivity index (χ2n) is 3.73. The van der Waals surface area contributed by atoms with Crippen molar-refractivity contribution < 1.29 is 4.79 Å².